The summed E-state index contributed by atoms with van der Waals surface area (Å²) in [5.41, 5.74) is 1.99. The Hall–Kier alpha value is -3.45. The number of hydrogen-bond acceptors (Lipinski definition) is 5. The molecule has 8 heteroatoms. The van der Waals surface area contributed by atoms with E-state index in [1.165, 1.54) is 10.8 Å². The first-order valence-corrected chi connectivity index (χ1v) is 8.90. The predicted octanol–water partition coefficient (Wildman–Crippen LogP) is 3.20. The molecular formula is C20H16ClN5O2. The average Bonchev–Trinajstić information content (AvgIpc) is 3.22. The van der Waals surface area contributed by atoms with Crippen molar-refractivity contribution >= 4 is 11.6 Å². The van der Waals surface area contributed by atoms with Crippen LogP contribution in [-0.2, 0) is 6.54 Å². The van der Waals surface area contributed by atoms with Crippen LogP contribution < -0.4 is 10.3 Å². The van der Waals surface area contributed by atoms with Crippen LogP contribution in [0.15, 0.2) is 71.8 Å². The maximum Gasteiger partial charge on any atom is 0.279 e. The van der Waals surface area contributed by atoms with E-state index in [0.717, 1.165) is 17.0 Å². The number of aromatic nitrogens is 5. The lowest BCUT2D eigenvalue weighted by Gasteiger charge is -2.08. The van der Waals surface area contributed by atoms with E-state index in [1.54, 1.807) is 18.0 Å². The Kier molecular flexibility index (Phi) is 4.90. The molecule has 7 nitrogen and oxygen atoms in total. The van der Waals surface area contributed by atoms with E-state index < -0.39 is 0 Å². The maximum absolute atomic E-state index is 12.9. The molecule has 0 aliphatic rings. The van der Waals surface area contributed by atoms with Crippen molar-refractivity contribution in [2.75, 3.05) is 7.11 Å². The molecule has 0 aliphatic carbocycles. The van der Waals surface area contributed by atoms with Gasteiger partial charge in [0.2, 0.25) is 0 Å². The fraction of sp³-hybridized carbons (Fsp3) is 0.100. The van der Waals surface area contributed by atoms with Gasteiger partial charge in [0.05, 0.1) is 25.5 Å². The first-order valence-electron chi connectivity index (χ1n) is 8.52. The molecule has 0 unspecified atom stereocenters. The van der Waals surface area contributed by atoms with Crippen LogP contribution in [0, 0.1) is 0 Å². The summed E-state index contributed by atoms with van der Waals surface area (Å²) in [4.78, 5) is 17.1. The lowest BCUT2D eigenvalue weighted by atomic mass is 10.2. The number of benzene rings is 2. The zero-order chi connectivity index (χ0) is 19.5. The summed E-state index contributed by atoms with van der Waals surface area (Å²) in [7, 11) is 1.61. The van der Waals surface area contributed by atoms with Gasteiger partial charge >= 0.3 is 0 Å². The largest absolute Gasteiger partial charge is 0.497 e. The van der Waals surface area contributed by atoms with Crippen molar-refractivity contribution < 1.29 is 4.74 Å². The Labute approximate surface area is 165 Å². The SMILES string of the molecule is COc1ccc(Cn2cc(Cl)nc(-c3cn(-c4ccccc4)nn3)c2=O)cc1. The Bertz CT molecular complexity index is 1150. The number of nitrogens with zero attached hydrogens (tertiary/aromatic N) is 5. The predicted molar refractivity (Wildman–Crippen MR) is 106 cm³/mol. The molecule has 140 valence electrons. The molecule has 0 saturated heterocycles. The highest BCUT2D eigenvalue weighted by Gasteiger charge is 2.15. The van der Waals surface area contributed by atoms with E-state index in [1.807, 2.05) is 54.6 Å². The summed E-state index contributed by atoms with van der Waals surface area (Å²) < 4.78 is 8.26. The summed E-state index contributed by atoms with van der Waals surface area (Å²) in [6, 6.07) is 17.0. The number of ether oxygens (including phenoxy) is 1. The molecule has 0 fully saturated rings. The molecule has 0 amide bonds. The monoisotopic (exact) mass is 393 g/mol. The van der Waals surface area contributed by atoms with Gasteiger partial charge in [0, 0.05) is 6.20 Å². The van der Waals surface area contributed by atoms with Gasteiger partial charge < -0.3 is 9.30 Å². The lowest BCUT2D eigenvalue weighted by molar-refractivity contribution is 0.414. The minimum Gasteiger partial charge on any atom is -0.497 e. The zero-order valence-electron chi connectivity index (χ0n) is 15.0. The third-order valence-electron chi connectivity index (χ3n) is 4.21. The summed E-state index contributed by atoms with van der Waals surface area (Å²) in [6.07, 6.45) is 3.17. The third-order valence-corrected chi connectivity index (χ3v) is 4.40. The zero-order valence-corrected chi connectivity index (χ0v) is 15.7. The van der Waals surface area contributed by atoms with Crippen LogP contribution >= 0.6 is 11.6 Å². The fourth-order valence-electron chi connectivity index (χ4n) is 2.80. The van der Waals surface area contributed by atoms with E-state index in [9.17, 15) is 4.79 Å². The molecule has 4 aromatic rings. The van der Waals surface area contributed by atoms with E-state index in [4.69, 9.17) is 16.3 Å². The van der Waals surface area contributed by atoms with Crippen molar-refractivity contribution in [3.8, 4) is 22.8 Å². The van der Waals surface area contributed by atoms with Gasteiger partial charge in [-0.2, -0.15) is 0 Å². The van der Waals surface area contributed by atoms with Gasteiger partial charge in [-0.3, -0.25) is 4.79 Å². The Balaban J connectivity index is 1.69. The summed E-state index contributed by atoms with van der Waals surface area (Å²) in [5.74, 6) is 0.752. The van der Waals surface area contributed by atoms with Gasteiger partial charge in [0.1, 0.15) is 16.6 Å². The third kappa shape index (κ3) is 3.65. The minimum absolute atomic E-state index is 0.156. The molecule has 4 rings (SSSR count). The molecule has 0 aliphatic heterocycles. The average molecular weight is 394 g/mol. The van der Waals surface area contributed by atoms with Gasteiger partial charge in [-0.25, -0.2) is 9.67 Å². The topological polar surface area (TPSA) is 74.8 Å². The molecule has 0 radical (unpaired) electrons. The van der Waals surface area contributed by atoms with Gasteiger partial charge in [-0.1, -0.05) is 47.1 Å². The van der Waals surface area contributed by atoms with Crippen molar-refractivity contribution in [1.82, 2.24) is 24.5 Å². The maximum atomic E-state index is 12.9. The van der Waals surface area contributed by atoms with Crippen molar-refractivity contribution in [1.29, 1.82) is 0 Å². The van der Waals surface area contributed by atoms with Crippen molar-refractivity contribution in [2.24, 2.45) is 0 Å². The smallest absolute Gasteiger partial charge is 0.279 e. The molecule has 0 saturated carbocycles. The van der Waals surface area contributed by atoms with Crippen LogP contribution in [0.5, 0.6) is 5.75 Å². The van der Waals surface area contributed by atoms with E-state index >= 15 is 0 Å². The first kappa shape index (κ1) is 17.9. The standard InChI is InChI=1S/C20H16ClN5O2/c1-28-16-9-7-14(8-10-16)11-25-13-18(21)22-19(20(25)27)17-12-26(24-23-17)15-5-3-2-4-6-15/h2-10,12-13H,11H2,1H3. The summed E-state index contributed by atoms with van der Waals surface area (Å²) >= 11 is 6.16. The molecular weight excluding hydrogens is 378 g/mol. The van der Waals surface area contributed by atoms with Crippen molar-refractivity contribution in [2.45, 2.75) is 6.54 Å². The summed E-state index contributed by atoms with van der Waals surface area (Å²) in [5, 5.41) is 8.39. The lowest BCUT2D eigenvalue weighted by Crippen LogP contribution is -2.23. The van der Waals surface area contributed by atoms with E-state index in [0.29, 0.717) is 12.2 Å². The van der Waals surface area contributed by atoms with Gasteiger partial charge in [0.15, 0.2) is 5.69 Å². The Morgan fingerprint density at radius 2 is 1.79 bits per heavy atom. The highest BCUT2D eigenvalue weighted by atomic mass is 35.5. The number of halogens is 1. The first-order chi connectivity index (χ1) is 13.6. The second kappa shape index (κ2) is 7.66. The molecule has 0 atom stereocenters. The van der Waals surface area contributed by atoms with Crippen LogP contribution in [0.2, 0.25) is 5.15 Å². The number of para-hydroxylation sites is 1. The van der Waals surface area contributed by atoms with Crippen LogP contribution in [-0.4, -0.2) is 31.7 Å². The van der Waals surface area contributed by atoms with E-state index in [2.05, 4.69) is 15.3 Å². The molecule has 0 bridgehead atoms. The second-order valence-electron chi connectivity index (χ2n) is 6.08. The Morgan fingerprint density at radius 1 is 1.04 bits per heavy atom. The van der Waals surface area contributed by atoms with Gasteiger partial charge in [-0.15, -0.1) is 5.10 Å². The van der Waals surface area contributed by atoms with Crippen LogP contribution in [0.4, 0.5) is 0 Å². The molecule has 2 aromatic heterocycles. The van der Waals surface area contributed by atoms with Crippen LogP contribution in [0.3, 0.4) is 0 Å². The second-order valence-corrected chi connectivity index (χ2v) is 6.46. The van der Waals surface area contributed by atoms with Crippen molar-refractivity contribution in [3.63, 3.8) is 0 Å². The number of rotatable bonds is 5. The molecule has 0 spiro atoms. The number of hydrogen-bond donors (Lipinski definition) is 0. The quantitative estimate of drug-likeness (QED) is 0.520. The van der Waals surface area contributed by atoms with E-state index in [-0.39, 0.29) is 16.4 Å². The minimum atomic E-state index is -0.291. The van der Waals surface area contributed by atoms with Crippen LogP contribution in [0.1, 0.15) is 5.56 Å². The fourth-order valence-corrected chi connectivity index (χ4v) is 3.00. The normalized spacial score (nSPS) is 10.8. The van der Waals surface area contributed by atoms with Gasteiger partial charge in [0.25, 0.3) is 5.56 Å². The van der Waals surface area contributed by atoms with Gasteiger partial charge in [-0.05, 0) is 29.8 Å². The molecule has 2 aromatic carbocycles. The molecule has 0 N–H and O–H groups in total. The van der Waals surface area contributed by atoms with Crippen LogP contribution in [0.25, 0.3) is 17.1 Å². The summed E-state index contributed by atoms with van der Waals surface area (Å²) in [6.45, 7) is 0.352. The molecule has 28 heavy (non-hydrogen) atoms. The van der Waals surface area contributed by atoms with Crippen molar-refractivity contribution in [3.05, 3.63) is 88.1 Å². The number of methoxy groups -OCH3 is 1. The highest BCUT2D eigenvalue weighted by Crippen LogP contribution is 2.16. The Morgan fingerprint density at radius 3 is 2.50 bits per heavy atom. The highest BCUT2D eigenvalue weighted by molar-refractivity contribution is 6.29. The molecule has 2 heterocycles.